The third kappa shape index (κ3) is 8.57. The first-order chi connectivity index (χ1) is 6.20. The highest BCUT2D eigenvalue weighted by Crippen LogP contribution is 2.07. The molecule has 0 radical (unpaired) electrons. The van der Waals surface area contributed by atoms with Crippen LogP contribution in [0.3, 0.4) is 0 Å². The van der Waals surface area contributed by atoms with Crippen molar-refractivity contribution in [2.24, 2.45) is 0 Å². The first kappa shape index (κ1) is 13.2. The van der Waals surface area contributed by atoms with Crippen LogP contribution in [-0.4, -0.2) is 10.7 Å². The van der Waals surface area contributed by atoms with E-state index in [4.69, 9.17) is 4.74 Å². The second-order valence-corrected chi connectivity index (χ2v) is 4.27. The van der Waals surface area contributed by atoms with Crippen molar-refractivity contribution in [3.63, 3.8) is 0 Å². The van der Waals surface area contributed by atoms with Crippen molar-refractivity contribution in [1.29, 1.82) is 0 Å². The number of rotatable bonds is 6. The van der Waals surface area contributed by atoms with Gasteiger partial charge in [-0.05, 0) is 38.8 Å². The minimum atomic E-state index is 0.975. The number of hydrogen-bond acceptors (Lipinski definition) is 1. The third-order valence-corrected chi connectivity index (χ3v) is 2.32. The zero-order chi connectivity index (χ0) is 10.1. The fraction of sp³-hybridized carbons (Fsp3) is 0.600. The smallest absolute Gasteiger partial charge is 0.0965 e. The predicted molar refractivity (Wildman–Crippen MR) is 65.4 cm³/mol. The Bertz CT molecular complexity index is 165. The summed E-state index contributed by atoms with van der Waals surface area (Å²) in [4.78, 5) is 0. The molecule has 0 unspecified atom stereocenters. The van der Waals surface area contributed by atoms with E-state index in [1.54, 1.807) is 0 Å². The number of halogens is 2. The van der Waals surface area contributed by atoms with Crippen LogP contribution in [0, 0.1) is 0 Å². The van der Waals surface area contributed by atoms with Gasteiger partial charge in [-0.15, -0.1) is 0 Å². The molecule has 13 heavy (non-hydrogen) atoms. The van der Waals surface area contributed by atoms with Gasteiger partial charge in [-0.1, -0.05) is 31.9 Å². The molecular formula is C10H16Br2O. The molecule has 0 aromatic heterocycles. The summed E-state index contributed by atoms with van der Waals surface area (Å²) < 4.78 is 5.54. The van der Waals surface area contributed by atoms with Crippen molar-refractivity contribution < 1.29 is 4.74 Å². The minimum absolute atomic E-state index is 0.975. The van der Waals surface area contributed by atoms with Crippen molar-refractivity contribution in [2.45, 2.75) is 26.7 Å². The molecule has 0 bridgehead atoms. The molecule has 76 valence electrons. The average molecular weight is 312 g/mol. The largest absolute Gasteiger partial charge is 0.467 e. The van der Waals surface area contributed by atoms with E-state index in [9.17, 15) is 0 Å². The lowest BCUT2D eigenvalue weighted by Gasteiger charge is -2.05. The quantitative estimate of drug-likeness (QED) is 0.522. The van der Waals surface area contributed by atoms with Crippen LogP contribution in [0.25, 0.3) is 0 Å². The van der Waals surface area contributed by atoms with Gasteiger partial charge in [0.2, 0.25) is 0 Å². The molecule has 0 atom stereocenters. The summed E-state index contributed by atoms with van der Waals surface area (Å²) in [5.74, 6) is 1.95. The van der Waals surface area contributed by atoms with E-state index in [1.165, 1.54) is 0 Å². The summed E-state index contributed by atoms with van der Waals surface area (Å²) in [7, 11) is 0. The highest BCUT2D eigenvalue weighted by atomic mass is 79.9. The van der Waals surface area contributed by atoms with Gasteiger partial charge < -0.3 is 4.74 Å². The number of hydrogen-bond donors (Lipinski definition) is 0. The zero-order valence-electron chi connectivity index (χ0n) is 8.15. The lowest BCUT2D eigenvalue weighted by molar-refractivity contribution is 0.306. The molecule has 0 aliphatic heterocycles. The molecule has 0 fully saturated rings. The van der Waals surface area contributed by atoms with E-state index in [-0.39, 0.29) is 0 Å². The number of allylic oxidation sites excluding steroid dienone is 4. The van der Waals surface area contributed by atoms with Crippen LogP contribution in [0.5, 0.6) is 0 Å². The standard InChI is InChI=1S/C10H16Br2O/c1-9(5-3-7-11)13-10(2)6-4-8-12/h5-6H,3-4,7-8H2,1-2H3. The van der Waals surface area contributed by atoms with Gasteiger partial charge in [0.05, 0.1) is 11.5 Å². The second-order valence-electron chi connectivity index (χ2n) is 2.69. The molecule has 0 spiro atoms. The summed E-state index contributed by atoms with van der Waals surface area (Å²) in [6, 6.07) is 0. The van der Waals surface area contributed by atoms with Gasteiger partial charge in [-0.2, -0.15) is 0 Å². The van der Waals surface area contributed by atoms with Crippen LogP contribution in [-0.2, 0) is 4.74 Å². The van der Waals surface area contributed by atoms with Gasteiger partial charge in [-0.3, -0.25) is 0 Å². The lowest BCUT2D eigenvalue weighted by Crippen LogP contribution is -1.87. The SMILES string of the molecule is CC(=CCCBr)OC(C)=CCCBr. The van der Waals surface area contributed by atoms with Crippen LogP contribution in [0.2, 0.25) is 0 Å². The van der Waals surface area contributed by atoms with Crippen LogP contribution in [0.15, 0.2) is 23.7 Å². The van der Waals surface area contributed by atoms with E-state index >= 15 is 0 Å². The van der Waals surface area contributed by atoms with Crippen molar-refractivity contribution in [3.05, 3.63) is 23.7 Å². The second kappa shape index (κ2) is 8.82. The summed E-state index contributed by atoms with van der Waals surface area (Å²) in [6.07, 6.45) is 6.19. The average Bonchev–Trinajstić information content (AvgIpc) is 2.11. The molecule has 0 saturated carbocycles. The van der Waals surface area contributed by atoms with Crippen molar-refractivity contribution >= 4 is 31.9 Å². The van der Waals surface area contributed by atoms with Gasteiger partial charge in [0.15, 0.2) is 0 Å². The minimum Gasteiger partial charge on any atom is -0.467 e. The highest BCUT2D eigenvalue weighted by molar-refractivity contribution is 9.09. The molecule has 1 nitrogen and oxygen atoms in total. The topological polar surface area (TPSA) is 9.23 Å². The zero-order valence-corrected chi connectivity index (χ0v) is 11.3. The molecule has 0 heterocycles. The fourth-order valence-corrected chi connectivity index (χ4v) is 1.31. The van der Waals surface area contributed by atoms with E-state index in [1.807, 2.05) is 13.8 Å². The summed E-state index contributed by atoms with van der Waals surface area (Å²) in [5.41, 5.74) is 0. The van der Waals surface area contributed by atoms with Gasteiger partial charge in [-0.25, -0.2) is 0 Å². The Morgan fingerprint density at radius 1 is 1.00 bits per heavy atom. The Hall–Kier alpha value is 0.240. The van der Waals surface area contributed by atoms with Crippen LogP contribution < -0.4 is 0 Å². The summed E-state index contributed by atoms with van der Waals surface area (Å²) in [5, 5.41) is 1.97. The van der Waals surface area contributed by atoms with Crippen molar-refractivity contribution in [3.8, 4) is 0 Å². The van der Waals surface area contributed by atoms with Crippen LogP contribution >= 0.6 is 31.9 Å². The van der Waals surface area contributed by atoms with Gasteiger partial charge in [0.25, 0.3) is 0 Å². The maximum Gasteiger partial charge on any atom is 0.0965 e. The van der Waals surface area contributed by atoms with E-state index in [0.717, 1.165) is 35.0 Å². The van der Waals surface area contributed by atoms with E-state index in [0.29, 0.717) is 0 Å². The van der Waals surface area contributed by atoms with Gasteiger partial charge >= 0.3 is 0 Å². The first-order valence-corrected chi connectivity index (χ1v) is 6.58. The molecule has 0 aromatic carbocycles. The molecule has 0 rings (SSSR count). The Balaban J connectivity index is 3.82. The monoisotopic (exact) mass is 310 g/mol. The highest BCUT2D eigenvalue weighted by Gasteiger charge is 1.91. The Kier molecular flexibility index (Phi) is 8.98. The normalized spacial score (nSPS) is 13.2. The predicted octanol–water partition coefficient (Wildman–Crippen LogP) is 4.38. The maximum atomic E-state index is 5.54. The van der Waals surface area contributed by atoms with Crippen LogP contribution in [0.4, 0.5) is 0 Å². The molecule has 0 N–H and O–H groups in total. The molecule has 0 aromatic rings. The lowest BCUT2D eigenvalue weighted by atomic mass is 10.4. The van der Waals surface area contributed by atoms with E-state index in [2.05, 4.69) is 44.0 Å². The molecular weight excluding hydrogens is 296 g/mol. The van der Waals surface area contributed by atoms with Crippen molar-refractivity contribution in [2.75, 3.05) is 10.7 Å². The van der Waals surface area contributed by atoms with Crippen molar-refractivity contribution in [1.82, 2.24) is 0 Å². The summed E-state index contributed by atoms with van der Waals surface area (Å²) >= 11 is 6.73. The number of alkyl halides is 2. The van der Waals surface area contributed by atoms with Gasteiger partial charge in [0, 0.05) is 10.7 Å². The summed E-state index contributed by atoms with van der Waals surface area (Å²) in [6.45, 7) is 3.96. The molecule has 0 saturated heterocycles. The molecule has 0 amide bonds. The fourth-order valence-electron chi connectivity index (χ4n) is 0.853. The Labute approximate surface area is 97.5 Å². The van der Waals surface area contributed by atoms with E-state index < -0.39 is 0 Å². The Morgan fingerprint density at radius 2 is 1.38 bits per heavy atom. The number of ether oxygens (including phenoxy) is 1. The Morgan fingerprint density at radius 3 is 1.69 bits per heavy atom. The van der Waals surface area contributed by atoms with Gasteiger partial charge in [0.1, 0.15) is 0 Å². The first-order valence-electron chi connectivity index (χ1n) is 4.34. The molecule has 0 aliphatic rings. The molecule has 3 heteroatoms. The molecule has 0 aliphatic carbocycles. The van der Waals surface area contributed by atoms with Crippen LogP contribution in [0.1, 0.15) is 26.7 Å². The third-order valence-electron chi connectivity index (χ3n) is 1.40. The maximum absolute atomic E-state index is 5.54.